The van der Waals surface area contributed by atoms with E-state index in [-0.39, 0.29) is 11.2 Å². The average Bonchev–Trinajstić information content (AvgIpc) is 2.29. The third-order valence-electron chi connectivity index (χ3n) is 3.52. The molecule has 0 saturated heterocycles. The Morgan fingerprint density at radius 3 is 2.11 bits per heavy atom. The molecule has 0 radical (unpaired) electrons. The van der Waals surface area contributed by atoms with E-state index >= 15 is 0 Å². The van der Waals surface area contributed by atoms with Gasteiger partial charge in [-0.2, -0.15) is 0 Å². The Bertz CT molecular complexity index is 430. The van der Waals surface area contributed by atoms with E-state index in [4.69, 9.17) is 4.74 Å². The molecule has 106 valence electrons. The summed E-state index contributed by atoms with van der Waals surface area (Å²) in [5.74, 6) is 0.247. The Labute approximate surface area is 117 Å². The second-order valence-electron chi connectivity index (χ2n) is 6.30. The normalized spacial score (nSPS) is 11.7. The molecule has 1 rings (SSSR count). The summed E-state index contributed by atoms with van der Waals surface area (Å²) in [4.78, 5) is 11.9. The molecule has 1 aromatic carbocycles. The number of carbonyl (C=O) groups is 1. The average molecular weight is 262 g/mol. The summed E-state index contributed by atoms with van der Waals surface area (Å²) < 4.78 is 4.95. The third-order valence-corrected chi connectivity index (χ3v) is 3.52. The number of ether oxygens (including phenoxy) is 1. The minimum absolute atomic E-state index is 0.147. The lowest BCUT2D eigenvalue weighted by molar-refractivity contribution is -0.119. The number of hydrogen-bond donors (Lipinski definition) is 0. The molecule has 0 unspecified atom stereocenters. The number of methoxy groups -OCH3 is 1. The molecule has 0 bridgehead atoms. The van der Waals surface area contributed by atoms with E-state index in [1.54, 1.807) is 7.11 Å². The highest BCUT2D eigenvalue weighted by Gasteiger charge is 2.17. The third kappa shape index (κ3) is 4.46. The quantitative estimate of drug-likeness (QED) is 0.808. The highest BCUT2D eigenvalue weighted by molar-refractivity contribution is 5.81. The molecule has 1 aromatic rings. The van der Waals surface area contributed by atoms with Crippen molar-refractivity contribution >= 4 is 5.78 Å². The molecule has 0 spiro atoms. The first-order chi connectivity index (χ1) is 8.75. The van der Waals surface area contributed by atoms with Crippen LogP contribution in [0.3, 0.4) is 0 Å². The molecular weight excluding hydrogens is 236 g/mol. The molecule has 0 aromatic heterocycles. The van der Waals surface area contributed by atoms with Crippen LogP contribution in [-0.2, 0) is 21.4 Å². The largest absolute Gasteiger partial charge is 0.384 e. The van der Waals surface area contributed by atoms with Crippen molar-refractivity contribution in [1.29, 1.82) is 0 Å². The second-order valence-corrected chi connectivity index (χ2v) is 6.30. The zero-order valence-electron chi connectivity index (χ0n) is 13.1. The highest BCUT2D eigenvalue weighted by atomic mass is 16.5. The number of benzene rings is 1. The van der Waals surface area contributed by atoms with Gasteiger partial charge in [0.05, 0.1) is 6.61 Å². The van der Waals surface area contributed by atoms with Gasteiger partial charge < -0.3 is 4.74 Å². The van der Waals surface area contributed by atoms with Crippen molar-refractivity contribution in [2.75, 3.05) is 13.7 Å². The molecule has 0 aliphatic rings. The number of ketones is 1. The Morgan fingerprint density at radius 2 is 1.68 bits per heavy atom. The van der Waals surface area contributed by atoms with Gasteiger partial charge in [-0.25, -0.2) is 0 Å². The van der Waals surface area contributed by atoms with Crippen LogP contribution < -0.4 is 0 Å². The van der Waals surface area contributed by atoms with Gasteiger partial charge in [0.15, 0.2) is 0 Å². The van der Waals surface area contributed by atoms with Crippen molar-refractivity contribution in [2.24, 2.45) is 0 Å². The van der Waals surface area contributed by atoms with Gasteiger partial charge in [-0.15, -0.1) is 0 Å². The number of carbonyl (C=O) groups excluding carboxylic acids is 1. The Kier molecular flexibility index (Phi) is 5.30. The van der Waals surface area contributed by atoms with Crippen LogP contribution in [0.1, 0.15) is 49.4 Å². The fourth-order valence-electron chi connectivity index (χ4n) is 2.21. The summed E-state index contributed by atoms with van der Waals surface area (Å²) >= 11 is 0. The number of hydrogen-bond acceptors (Lipinski definition) is 2. The fourth-order valence-corrected chi connectivity index (χ4v) is 2.21. The van der Waals surface area contributed by atoms with E-state index in [1.165, 1.54) is 22.3 Å². The van der Waals surface area contributed by atoms with E-state index in [0.29, 0.717) is 19.4 Å². The van der Waals surface area contributed by atoms with Crippen molar-refractivity contribution in [1.82, 2.24) is 0 Å². The Balaban J connectivity index is 2.95. The van der Waals surface area contributed by atoms with Gasteiger partial charge in [0.25, 0.3) is 0 Å². The molecule has 0 fully saturated rings. The van der Waals surface area contributed by atoms with Crippen LogP contribution in [0.4, 0.5) is 0 Å². The predicted molar refractivity (Wildman–Crippen MR) is 79.8 cm³/mol. The molecule has 2 nitrogen and oxygen atoms in total. The first-order valence-corrected chi connectivity index (χ1v) is 6.87. The summed E-state index contributed by atoms with van der Waals surface area (Å²) in [7, 11) is 1.63. The minimum atomic E-state index is 0.147. The summed E-state index contributed by atoms with van der Waals surface area (Å²) in [6.45, 7) is 11.3. The predicted octanol–water partition coefficient (Wildman–Crippen LogP) is 3.75. The molecule has 0 heterocycles. The van der Waals surface area contributed by atoms with Crippen molar-refractivity contribution < 1.29 is 9.53 Å². The van der Waals surface area contributed by atoms with Crippen LogP contribution in [0, 0.1) is 13.8 Å². The number of Topliss-reactive ketones (excluding diaryl/α,β-unsaturated/α-hetero) is 1. The summed E-state index contributed by atoms with van der Waals surface area (Å²) in [6.07, 6.45) is 1.02. The zero-order valence-corrected chi connectivity index (χ0v) is 13.1. The lowest BCUT2D eigenvalue weighted by Crippen LogP contribution is -2.14. The lowest BCUT2D eigenvalue weighted by atomic mass is 9.83. The van der Waals surface area contributed by atoms with Gasteiger partial charge in [0.2, 0.25) is 0 Å². The Morgan fingerprint density at radius 1 is 1.16 bits per heavy atom. The number of aryl methyl sites for hydroxylation is 2. The van der Waals surface area contributed by atoms with Gasteiger partial charge in [-0.05, 0) is 41.5 Å². The van der Waals surface area contributed by atoms with Gasteiger partial charge in [-0.1, -0.05) is 32.9 Å². The maximum Gasteiger partial charge on any atom is 0.139 e. The standard InChI is InChI=1S/C17H26O2/c1-12-9-14(17(3,4)5)10-13(2)16(12)11-15(18)7-8-19-6/h9-10H,7-8,11H2,1-6H3. The zero-order chi connectivity index (χ0) is 14.6. The van der Waals surface area contributed by atoms with Crippen LogP contribution in [-0.4, -0.2) is 19.5 Å². The van der Waals surface area contributed by atoms with Gasteiger partial charge in [0.1, 0.15) is 5.78 Å². The van der Waals surface area contributed by atoms with Gasteiger partial charge in [0, 0.05) is 20.0 Å². The van der Waals surface area contributed by atoms with Gasteiger partial charge in [-0.3, -0.25) is 4.79 Å². The summed E-state index contributed by atoms with van der Waals surface area (Å²) in [5, 5.41) is 0. The first-order valence-electron chi connectivity index (χ1n) is 6.87. The Hall–Kier alpha value is -1.15. The molecule has 0 aliphatic carbocycles. The molecular formula is C17H26O2. The molecule has 0 atom stereocenters. The van der Waals surface area contributed by atoms with Crippen molar-refractivity contribution in [3.8, 4) is 0 Å². The summed E-state index contributed by atoms with van der Waals surface area (Å²) in [5.41, 5.74) is 5.09. The molecule has 0 N–H and O–H groups in total. The van der Waals surface area contributed by atoms with Crippen LogP contribution in [0.15, 0.2) is 12.1 Å². The maximum atomic E-state index is 11.9. The van der Waals surface area contributed by atoms with E-state index in [9.17, 15) is 4.79 Å². The molecule has 0 amide bonds. The fraction of sp³-hybridized carbons (Fsp3) is 0.588. The molecule has 2 heteroatoms. The van der Waals surface area contributed by atoms with Gasteiger partial charge >= 0.3 is 0 Å². The van der Waals surface area contributed by atoms with E-state index < -0.39 is 0 Å². The molecule has 0 saturated carbocycles. The van der Waals surface area contributed by atoms with E-state index in [2.05, 4.69) is 46.8 Å². The van der Waals surface area contributed by atoms with E-state index in [1.807, 2.05) is 0 Å². The highest BCUT2D eigenvalue weighted by Crippen LogP contribution is 2.27. The first kappa shape index (κ1) is 15.9. The van der Waals surface area contributed by atoms with Crippen molar-refractivity contribution in [3.63, 3.8) is 0 Å². The van der Waals surface area contributed by atoms with Crippen molar-refractivity contribution in [3.05, 3.63) is 34.4 Å². The van der Waals surface area contributed by atoms with Crippen LogP contribution >= 0.6 is 0 Å². The van der Waals surface area contributed by atoms with Crippen LogP contribution in [0.2, 0.25) is 0 Å². The van der Waals surface area contributed by atoms with Crippen LogP contribution in [0.5, 0.6) is 0 Å². The number of rotatable bonds is 5. The monoisotopic (exact) mass is 262 g/mol. The SMILES string of the molecule is COCCC(=O)Cc1c(C)cc(C(C)(C)C)cc1C. The topological polar surface area (TPSA) is 26.3 Å². The van der Waals surface area contributed by atoms with Crippen molar-refractivity contribution in [2.45, 2.75) is 52.9 Å². The van der Waals surface area contributed by atoms with E-state index in [0.717, 1.165) is 0 Å². The maximum absolute atomic E-state index is 11.9. The molecule has 0 aliphatic heterocycles. The smallest absolute Gasteiger partial charge is 0.139 e. The minimum Gasteiger partial charge on any atom is -0.384 e. The van der Waals surface area contributed by atoms with Crippen LogP contribution in [0.25, 0.3) is 0 Å². The second kappa shape index (κ2) is 6.33. The lowest BCUT2D eigenvalue weighted by Gasteiger charge is -2.22. The summed E-state index contributed by atoms with van der Waals surface area (Å²) in [6, 6.07) is 4.43. The molecule has 19 heavy (non-hydrogen) atoms.